The predicted molar refractivity (Wildman–Crippen MR) is 125 cm³/mol. The molecule has 9 nitrogen and oxygen atoms in total. The van der Waals surface area contributed by atoms with E-state index in [4.69, 9.17) is 9.84 Å². The molecule has 0 saturated carbocycles. The molecule has 176 valence electrons. The highest BCUT2D eigenvalue weighted by atomic mass is 16.5. The molecule has 0 atom stereocenters. The highest BCUT2D eigenvalue weighted by Gasteiger charge is 2.29. The van der Waals surface area contributed by atoms with Gasteiger partial charge in [-0.05, 0) is 28.7 Å². The summed E-state index contributed by atoms with van der Waals surface area (Å²) in [5, 5.41) is 15.7. The molecular formula is C25H26N4O5. The Hall–Kier alpha value is -4.14. The van der Waals surface area contributed by atoms with E-state index in [9.17, 15) is 14.4 Å². The lowest BCUT2D eigenvalue weighted by molar-refractivity contribution is -0.144. The number of carboxylic acids is 1. The van der Waals surface area contributed by atoms with Crippen LogP contribution in [0.25, 0.3) is 11.1 Å². The average molecular weight is 463 g/mol. The molecular weight excluding hydrogens is 436 g/mol. The minimum Gasteiger partial charge on any atom is -0.480 e. The van der Waals surface area contributed by atoms with Crippen molar-refractivity contribution < 1.29 is 24.2 Å². The van der Waals surface area contributed by atoms with Gasteiger partial charge >= 0.3 is 12.1 Å². The second-order valence-electron chi connectivity index (χ2n) is 8.09. The lowest BCUT2D eigenvalue weighted by Gasteiger charge is -2.19. The first-order chi connectivity index (χ1) is 16.5. The van der Waals surface area contributed by atoms with Gasteiger partial charge in [0.2, 0.25) is 5.91 Å². The number of fused-ring (bicyclic) bond motifs is 3. The van der Waals surface area contributed by atoms with Crippen LogP contribution in [-0.4, -0.2) is 57.5 Å². The summed E-state index contributed by atoms with van der Waals surface area (Å²) >= 11 is 0. The van der Waals surface area contributed by atoms with E-state index in [0.29, 0.717) is 18.7 Å². The summed E-state index contributed by atoms with van der Waals surface area (Å²) in [7, 11) is 0. The number of rotatable bonds is 9. The highest BCUT2D eigenvalue weighted by molar-refractivity contribution is 5.85. The molecule has 1 aliphatic rings. The number of carbonyl (C=O) groups is 3. The van der Waals surface area contributed by atoms with E-state index in [0.717, 1.165) is 22.3 Å². The molecule has 34 heavy (non-hydrogen) atoms. The van der Waals surface area contributed by atoms with Crippen molar-refractivity contribution >= 4 is 23.7 Å². The topological polar surface area (TPSA) is 114 Å². The number of carbonyl (C=O) groups excluding carboxylic acids is 2. The third-order valence-electron chi connectivity index (χ3n) is 5.69. The highest BCUT2D eigenvalue weighted by Crippen LogP contribution is 2.44. The molecule has 1 aromatic heterocycles. The maximum absolute atomic E-state index is 12.4. The minimum atomic E-state index is -1.07. The Balaban J connectivity index is 1.34. The number of aliphatic carboxylic acids is 1. The van der Waals surface area contributed by atoms with E-state index in [1.165, 1.54) is 22.0 Å². The van der Waals surface area contributed by atoms with Gasteiger partial charge in [-0.1, -0.05) is 55.5 Å². The maximum atomic E-state index is 12.4. The maximum Gasteiger partial charge on any atom is 0.411 e. The summed E-state index contributed by atoms with van der Waals surface area (Å²) in [6.07, 6.45) is 2.94. The third-order valence-corrected chi connectivity index (χ3v) is 5.69. The van der Waals surface area contributed by atoms with Gasteiger partial charge in [-0.2, -0.15) is 5.10 Å². The number of amides is 2. The molecule has 0 bridgehead atoms. The SMILES string of the molecule is CCCN(CC(=O)O)C(=O)Cn1cc(NC(=O)OCC2c3ccccc3-c3ccccc32)cn1. The zero-order chi connectivity index (χ0) is 24.1. The third kappa shape index (κ3) is 5.09. The monoisotopic (exact) mass is 462 g/mol. The summed E-state index contributed by atoms with van der Waals surface area (Å²) < 4.78 is 6.87. The van der Waals surface area contributed by atoms with Crippen molar-refractivity contribution in [1.29, 1.82) is 0 Å². The zero-order valence-corrected chi connectivity index (χ0v) is 18.8. The number of benzene rings is 2. The number of hydrogen-bond donors (Lipinski definition) is 2. The number of anilines is 1. The summed E-state index contributed by atoms with van der Waals surface area (Å²) in [6, 6.07) is 16.2. The van der Waals surface area contributed by atoms with Crippen LogP contribution < -0.4 is 5.32 Å². The van der Waals surface area contributed by atoms with Gasteiger partial charge in [-0.3, -0.25) is 19.6 Å². The van der Waals surface area contributed by atoms with Gasteiger partial charge in [0.25, 0.3) is 0 Å². The molecule has 3 aromatic rings. The summed E-state index contributed by atoms with van der Waals surface area (Å²) in [4.78, 5) is 37.1. The van der Waals surface area contributed by atoms with Gasteiger partial charge in [-0.25, -0.2) is 4.79 Å². The van der Waals surface area contributed by atoms with E-state index in [1.54, 1.807) is 0 Å². The summed E-state index contributed by atoms with van der Waals surface area (Å²) in [5.41, 5.74) is 4.93. The van der Waals surface area contributed by atoms with E-state index >= 15 is 0 Å². The van der Waals surface area contributed by atoms with Crippen molar-refractivity contribution in [2.45, 2.75) is 25.8 Å². The van der Waals surface area contributed by atoms with Crippen molar-refractivity contribution in [1.82, 2.24) is 14.7 Å². The number of hydrogen-bond acceptors (Lipinski definition) is 5. The Kier molecular flexibility index (Phi) is 6.91. The molecule has 2 N–H and O–H groups in total. The summed E-state index contributed by atoms with van der Waals surface area (Å²) in [5.74, 6) is -1.47. The van der Waals surface area contributed by atoms with Crippen molar-refractivity contribution in [3.63, 3.8) is 0 Å². The molecule has 0 aliphatic heterocycles. The standard InChI is InChI=1S/C25H26N4O5/c1-2-11-28(15-24(31)32)23(30)14-29-13-17(12-26-29)27-25(33)34-16-22-20-9-5-3-7-18(20)19-8-4-6-10-21(19)22/h3-10,12-13,22H,2,11,14-16H2,1H3,(H,27,33)(H,31,32). The normalized spacial score (nSPS) is 12.0. The summed E-state index contributed by atoms with van der Waals surface area (Å²) in [6.45, 7) is 1.91. The fourth-order valence-electron chi connectivity index (χ4n) is 4.23. The van der Waals surface area contributed by atoms with E-state index < -0.39 is 12.1 Å². The van der Waals surface area contributed by atoms with Crippen LogP contribution in [0.5, 0.6) is 0 Å². The van der Waals surface area contributed by atoms with Crippen molar-refractivity contribution in [3.05, 3.63) is 72.1 Å². The van der Waals surface area contributed by atoms with Crippen LogP contribution in [0.15, 0.2) is 60.9 Å². The van der Waals surface area contributed by atoms with Gasteiger partial charge in [0.05, 0.1) is 11.9 Å². The first-order valence-corrected chi connectivity index (χ1v) is 11.1. The number of nitrogens with zero attached hydrogens (tertiary/aromatic N) is 3. The van der Waals surface area contributed by atoms with Crippen LogP contribution in [0.4, 0.5) is 10.5 Å². The molecule has 2 aromatic carbocycles. The number of aromatic nitrogens is 2. The molecule has 0 saturated heterocycles. The Morgan fingerprint density at radius 1 is 1.09 bits per heavy atom. The Labute approximate surface area is 196 Å². The smallest absolute Gasteiger partial charge is 0.411 e. The number of carboxylic acid groups (broad SMARTS) is 1. The molecule has 9 heteroatoms. The molecule has 0 unspecified atom stereocenters. The van der Waals surface area contributed by atoms with Crippen LogP contribution >= 0.6 is 0 Å². The van der Waals surface area contributed by atoms with Gasteiger partial charge in [0.1, 0.15) is 19.7 Å². The second kappa shape index (κ2) is 10.2. The van der Waals surface area contributed by atoms with Crippen LogP contribution in [-0.2, 0) is 20.9 Å². The Morgan fingerprint density at radius 3 is 2.35 bits per heavy atom. The average Bonchev–Trinajstić information content (AvgIpc) is 3.39. The Bertz CT molecular complexity index is 1160. The van der Waals surface area contributed by atoms with Crippen LogP contribution in [0.1, 0.15) is 30.4 Å². The lowest BCUT2D eigenvalue weighted by atomic mass is 9.98. The molecule has 4 rings (SSSR count). The quantitative estimate of drug-likeness (QED) is 0.503. The molecule has 2 amide bonds. The van der Waals surface area contributed by atoms with Gasteiger partial charge in [0.15, 0.2) is 0 Å². The first kappa shape index (κ1) is 23.0. The van der Waals surface area contributed by atoms with Crippen LogP contribution in [0.2, 0.25) is 0 Å². The predicted octanol–water partition coefficient (Wildman–Crippen LogP) is 3.57. The minimum absolute atomic E-state index is 0.0442. The molecule has 0 fully saturated rings. The van der Waals surface area contributed by atoms with E-state index in [1.807, 2.05) is 31.2 Å². The van der Waals surface area contributed by atoms with Crippen LogP contribution in [0.3, 0.4) is 0 Å². The van der Waals surface area contributed by atoms with Crippen LogP contribution in [0, 0.1) is 0 Å². The molecule has 0 radical (unpaired) electrons. The second-order valence-corrected chi connectivity index (χ2v) is 8.09. The van der Waals surface area contributed by atoms with Gasteiger partial charge < -0.3 is 14.7 Å². The Morgan fingerprint density at radius 2 is 1.74 bits per heavy atom. The van der Waals surface area contributed by atoms with Crippen molar-refractivity contribution in [2.75, 3.05) is 25.0 Å². The van der Waals surface area contributed by atoms with Crippen molar-refractivity contribution in [2.24, 2.45) is 0 Å². The lowest BCUT2D eigenvalue weighted by Crippen LogP contribution is -2.38. The molecule has 1 aliphatic carbocycles. The van der Waals surface area contributed by atoms with E-state index in [-0.39, 0.29) is 31.5 Å². The first-order valence-electron chi connectivity index (χ1n) is 11.1. The van der Waals surface area contributed by atoms with Crippen molar-refractivity contribution in [3.8, 4) is 11.1 Å². The largest absolute Gasteiger partial charge is 0.480 e. The zero-order valence-electron chi connectivity index (χ0n) is 18.8. The van der Waals surface area contributed by atoms with Gasteiger partial charge in [0, 0.05) is 18.7 Å². The number of nitrogens with one attached hydrogen (secondary N) is 1. The molecule has 1 heterocycles. The van der Waals surface area contributed by atoms with E-state index in [2.05, 4.69) is 34.7 Å². The molecule has 0 spiro atoms. The fourth-order valence-corrected chi connectivity index (χ4v) is 4.23. The number of ether oxygens (including phenoxy) is 1. The fraction of sp³-hybridized carbons (Fsp3) is 0.280. The van der Waals surface area contributed by atoms with Gasteiger partial charge in [-0.15, -0.1) is 0 Å².